The van der Waals surface area contributed by atoms with Crippen molar-refractivity contribution in [2.45, 2.75) is 39.2 Å². The number of hydrogen-bond acceptors (Lipinski definition) is 5. The zero-order valence-electron chi connectivity index (χ0n) is 13.3. The molecule has 2 rings (SSSR count). The Balaban J connectivity index is 1.97. The molecule has 0 spiro atoms. The molecule has 1 aromatic rings. The van der Waals surface area contributed by atoms with Crippen LogP contribution in [-0.2, 0) is 4.74 Å². The zero-order valence-corrected chi connectivity index (χ0v) is 13.3. The second kappa shape index (κ2) is 6.79. The number of likely N-dealkylation sites (tertiary alicyclic amines) is 1. The van der Waals surface area contributed by atoms with E-state index in [0.717, 1.165) is 18.4 Å². The topological polar surface area (TPSA) is 74.7 Å². The molecule has 0 atom stereocenters. The molecule has 1 amide bonds. The summed E-state index contributed by atoms with van der Waals surface area (Å²) in [4.78, 5) is 17.7. The van der Waals surface area contributed by atoms with Gasteiger partial charge in [-0.05, 0) is 39.7 Å². The van der Waals surface area contributed by atoms with Crippen LogP contribution >= 0.6 is 0 Å². The quantitative estimate of drug-likeness (QED) is 0.820. The van der Waals surface area contributed by atoms with E-state index in [9.17, 15) is 4.79 Å². The minimum Gasteiger partial charge on any atom is -0.444 e. The Hall–Kier alpha value is -2.08. The van der Waals surface area contributed by atoms with Crippen LogP contribution in [0.4, 0.5) is 10.5 Å². The van der Waals surface area contributed by atoms with Gasteiger partial charge in [0, 0.05) is 24.8 Å². The Morgan fingerprint density at radius 2 is 2.09 bits per heavy atom. The molecule has 22 heavy (non-hydrogen) atoms. The Morgan fingerprint density at radius 3 is 2.68 bits per heavy atom. The van der Waals surface area contributed by atoms with Crippen LogP contribution < -0.4 is 5.48 Å². The number of rotatable bonds is 2. The van der Waals surface area contributed by atoms with Gasteiger partial charge in [-0.1, -0.05) is 11.6 Å². The van der Waals surface area contributed by atoms with Gasteiger partial charge in [0.25, 0.3) is 0 Å². The van der Waals surface area contributed by atoms with Crippen molar-refractivity contribution < 1.29 is 14.7 Å². The van der Waals surface area contributed by atoms with Crippen molar-refractivity contribution in [3.63, 3.8) is 0 Å². The maximum absolute atomic E-state index is 12.0. The average molecular weight is 305 g/mol. The van der Waals surface area contributed by atoms with Crippen LogP contribution in [0.1, 0.15) is 39.2 Å². The minimum absolute atomic E-state index is 0.256. The van der Waals surface area contributed by atoms with Crippen LogP contribution in [0, 0.1) is 0 Å². The van der Waals surface area contributed by atoms with Crippen LogP contribution in [0.3, 0.4) is 0 Å². The van der Waals surface area contributed by atoms with Gasteiger partial charge in [-0.25, -0.2) is 4.79 Å². The van der Waals surface area contributed by atoms with E-state index < -0.39 is 5.60 Å². The standard InChI is InChI=1S/C16H23N3O3/c1-16(2,3)22-15(20)19-8-5-12(6-9-19)10-13-4-7-17-11-14(13)18-21/h4,7,10-11,18,21H,5-6,8-9H2,1-3H3. The lowest BCUT2D eigenvalue weighted by Crippen LogP contribution is -2.40. The highest BCUT2D eigenvalue weighted by molar-refractivity contribution is 5.69. The second-order valence-electron chi connectivity index (χ2n) is 6.34. The molecule has 2 N–H and O–H groups in total. The number of anilines is 1. The fourth-order valence-corrected chi connectivity index (χ4v) is 2.29. The number of hydrogen-bond donors (Lipinski definition) is 2. The summed E-state index contributed by atoms with van der Waals surface area (Å²) in [5.41, 5.74) is 4.38. The largest absolute Gasteiger partial charge is 0.444 e. The summed E-state index contributed by atoms with van der Waals surface area (Å²) < 4.78 is 5.38. The summed E-state index contributed by atoms with van der Waals surface area (Å²) in [6.07, 6.45) is 6.63. The number of ether oxygens (including phenoxy) is 1. The van der Waals surface area contributed by atoms with E-state index in [1.54, 1.807) is 17.3 Å². The SMILES string of the molecule is CC(C)(C)OC(=O)N1CCC(=Cc2ccncc2NO)CC1. The molecule has 6 nitrogen and oxygen atoms in total. The first-order chi connectivity index (χ1) is 10.4. The van der Waals surface area contributed by atoms with Gasteiger partial charge in [0.1, 0.15) is 5.60 Å². The summed E-state index contributed by atoms with van der Waals surface area (Å²) in [5, 5.41) is 9.08. The molecule has 2 heterocycles. The molecule has 1 fully saturated rings. The van der Waals surface area contributed by atoms with E-state index in [2.05, 4.69) is 10.5 Å². The third-order valence-corrected chi connectivity index (χ3v) is 3.39. The van der Waals surface area contributed by atoms with Crippen molar-refractivity contribution >= 4 is 17.9 Å². The Kier molecular flexibility index (Phi) is 5.03. The van der Waals surface area contributed by atoms with Crippen LogP contribution in [-0.4, -0.2) is 39.9 Å². The van der Waals surface area contributed by atoms with E-state index in [4.69, 9.17) is 9.94 Å². The lowest BCUT2D eigenvalue weighted by atomic mass is 10.0. The highest BCUT2D eigenvalue weighted by Gasteiger charge is 2.24. The first-order valence-corrected chi connectivity index (χ1v) is 7.40. The lowest BCUT2D eigenvalue weighted by molar-refractivity contribution is 0.0237. The lowest BCUT2D eigenvalue weighted by Gasteiger charge is -2.31. The van der Waals surface area contributed by atoms with Crippen molar-refractivity contribution in [3.8, 4) is 0 Å². The molecule has 0 unspecified atom stereocenters. The van der Waals surface area contributed by atoms with Gasteiger partial charge in [-0.2, -0.15) is 0 Å². The number of amides is 1. The fraction of sp³-hybridized carbons (Fsp3) is 0.500. The third kappa shape index (κ3) is 4.46. The van der Waals surface area contributed by atoms with E-state index in [0.29, 0.717) is 18.8 Å². The Labute approximate surface area is 130 Å². The summed E-state index contributed by atoms with van der Waals surface area (Å²) in [5.74, 6) is 0. The number of aromatic nitrogens is 1. The molecule has 0 radical (unpaired) electrons. The normalized spacial score (nSPS) is 15.5. The molecule has 1 aliphatic heterocycles. The van der Waals surface area contributed by atoms with Crippen LogP contribution in [0.15, 0.2) is 24.0 Å². The minimum atomic E-state index is -0.466. The van der Waals surface area contributed by atoms with Gasteiger partial charge in [-0.3, -0.25) is 15.7 Å². The van der Waals surface area contributed by atoms with Crippen LogP contribution in [0.25, 0.3) is 6.08 Å². The molecule has 1 saturated heterocycles. The number of carbonyl (C=O) groups excluding carboxylic acids is 1. The maximum Gasteiger partial charge on any atom is 0.410 e. The zero-order chi connectivity index (χ0) is 16.2. The number of nitrogens with one attached hydrogen (secondary N) is 1. The molecular weight excluding hydrogens is 282 g/mol. The molecule has 120 valence electrons. The van der Waals surface area contributed by atoms with E-state index in [-0.39, 0.29) is 6.09 Å². The molecule has 6 heteroatoms. The Bertz CT molecular complexity index is 554. The number of nitrogens with zero attached hydrogens (tertiary/aromatic N) is 2. The molecule has 0 saturated carbocycles. The molecule has 0 aromatic carbocycles. The summed E-state index contributed by atoms with van der Waals surface area (Å²) in [7, 11) is 0. The first-order valence-electron chi connectivity index (χ1n) is 7.40. The molecule has 1 aromatic heterocycles. The molecule has 0 bridgehead atoms. The van der Waals surface area contributed by atoms with Gasteiger partial charge in [0.05, 0.1) is 11.9 Å². The summed E-state index contributed by atoms with van der Waals surface area (Å²) in [6, 6.07) is 1.84. The van der Waals surface area contributed by atoms with Crippen molar-refractivity contribution in [1.82, 2.24) is 9.88 Å². The number of piperidine rings is 1. The summed E-state index contributed by atoms with van der Waals surface area (Å²) in [6.45, 7) is 6.90. The van der Waals surface area contributed by atoms with E-state index in [1.165, 1.54) is 5.57 Å². The smallest absolute Gasteiger partial charge is 0.410 e. The van der Waals surface area contributed by atoms with Crippen molar-refractivity contribution in [1.29, 1.82) is 0 Å². The third-order valence-electron chi connectivity index (χ3n) is 3.39. The van der Waals surface area contributed by atoms with Crippen molar-refractivity contribution in [3.05, 3.63) is 29.6 Å². The fourth-order valence-electron chi connectivity index (χ4n) is 2.29. The molecule has 1 aliphatic rings. The van der Waals surface area contributed by atoms with Gasteiger partial charge in [-0.15, -0.1) is 0 Å². The molecular formula is C16H23N3O3. The maximum atomic E-state index is 12.0. The van der Waals surface area contributed by atoms with Gasteiger partial charge < -0.3 is 9.64 Å². The number of pyridine rings is 1. The van der Waals surface area contributed by atoms with Crippen LogP contribution in [0.5, 0.6) is 0 Å². The highest BCUT2D eigenvalue weighted by Crippen LogP contribution is 2.23. The monoisotopic (exact) mass is 305 g/mol. The Morgan fingerprint density at radius 1 is 1.41 bits per heavy atom. The van der Waals surface area contributed by atoms with Crippen LogP contribution in [0.2, 0.25) is 0 Å². The number of carbonyl (C=O) groups is 1. The second-order valence-corrected chi connectivity index (χ2v) is 6.34. The summed E-state index contributed by atoms with van der Waals surface area (Å²) >= 11 is 0. The predicted octanol–water partition coefficient (Wildman–Crippen LogP) is 3.30. The van der Waals surface area contributed by atoms with E-state index >= 15 is 0 Å². The van der Waals surface area contributed by atoms with Crippen molar-refractivity contribution in [2.75, 3.05) is 18.6 Å². The van der Waals surface area contributed by atoms with Gasteiger partial charge in [0.15, 0.2) is 0 Å². The van der Waals surface area contributed by atoms with Crippen molar-refractivity contribution in [2.24, 2.45) is 0 Å². The first kappa shape index (κ1) is 16.3. The highest BCUT2D eigenvalue weighted by atomic mass is 16.6. The van der Waals surface area contributed by atoms with Gasteiger partial charge in [0.2, 0.25) is 0 Å². The predicted molar refractivity (Wildman–Crippen MR) is 84.7 cm³/mol. The average Bonchev–Trinajstić information content (AvgIpc) is 2.47. The van der Waals surface area contributed by atoms with Gasteiger partial charge >= 0.3 is 6.09 Å². The van der Waals surface area contributed by atoms with E-state index in [1.807, 2.05) is 32.9 Å². The molecule has 0 aliphatic carbocycles.